The maximum atomic E-state index is 13.2. The number of aromatic nitrogens is 2. The van der Waals surface area contributed by atoms with Crippen LogP contribution in [0.5, 0.6) is 0 Å². The summed E-state index contributed by atoms with van der Waals surface area (Å²) >= 11 is 6.07. The molecule has 1 aromatic carbocycles. The molecule has 0 radical (unpaired) electrons. The second kappa shape index (κ2) is 5.50. The van der Waals surface area contributed by atoms with Gasteiger partial charge in [-0.1, -0.05) is 11.6 Å². The van der Waals surface area contributed by atoms with E-state index in [0.717, 1.165) is 11.3 Å². The number of hydrogen-bond donors (Lipinski definition) is 1. The number of aryl methyl sites for hydroxylation is 1. The van der Waals surface area contributed by atoms with Crippen molar-refractivity contribution in [1.29, 1.82) is 0 Å². The Kier molecular flexibility index (Phi) is 3.99. The van der Waals surface area contributed by atoms with Gasteiger partial charge in [0.1, 0.15) is 5.82 Å². The van der Waals surface area contributed by atoms with Crippen LogP contribution >= 0.6 is 11.6 Å². The lowest BCUT2D eigenvalue weighted by molar-refractivity contribution is 0.559. The minimum atomic E-state index is -0.273. The van der Waals surface area contributed by atoms with E-state index in [2.05, 4.69) is 10.4 Å². The maximum absolute atomic E-state index is 13.2. The Bertz CT molecular complexity index is 539. The first-order valence-electron chi connectivity index (χ1n) is 5.71. The van der Waals surface area contributed by atoms with Crippen LogP contribution in [0.25, 0.3) is 0 Å². The zero-order valence-electron chi connectivity index (χ0n) is 10.3. The van der Waals surface area contributed by atoms with Gasteiger partial charge in [-0.05, 0) is 43.3 Å². The Hall–Kier alpha value is -1.39. The molecule has 2 rings (SSSR count). The molecule has 18 heavy (non-hydrogen) atoms. The van der Waals surface area contributed by atoms with Gasteiger partial charge < -0.3 is 5.32 Å². The maximum Gasteiger partial charge on any atom is 0.123 e. The minimum Gasteiger partial charge on any atom is -0.311 e. The van der Waals surface area contributed by atoms with Crippen molar-refractivity contribution in [3.63, 3.8) is 0 Å². The van der Waals surface area contributed by atoms with Gasteiger partial charge in [0, 0.05) is 18.3 Å². The van der Waals surface area contributed by atoms with Crippen molar-refractivity contribution in [2.75, 3.05) is 7.05 Å². The molecule has 1 atom stereocenters. The Labute approximate surface area is 111 Å². The van der Waals surface area contributed by atoms with Crippen LogP contribution in [0.2, 0.25) is 5.02 Å². The van der Waals surface area contributed by atoms with Gasteiger partial charge in [-0.25, -0.2) is 4.39 Å². The lowest BCUT2D eigenvalue weighted by atomic mass is 10.0. The van der Waals surface area contributed by atoms with E-state index >= 15 is 0 Å². The van der Waals surface area contributed by atoms with Crippen molar-refractivity contribution >= 4 is 11.6 Å². The van der Waals surface area contributed by atoms with E-state index in [-0.39, 0.29) is 11.9 Å². The summed E-state index contributed by atoms with van der Waals surface area (Å²) in [7, 11) is 3.72. The standard InChI is InChI=1S/C13H15ClFN3/c1-16-13(12-5-6-18(2)17-12)8-9-7-10(15)3-4-11(9)14/h3-7,13,16H,8H2,1-2H3. The predicted molar refractivity (Wildman–Crippen MR) is 70.1 cm³/mol. The molecule has 0 fully saturated rings. The smallest absolute Gasteiger partial charge is 0.123 e. The number of benzene rings is 1. The quantitative estimate of drug-likeness (QED) is 0.923. The summed E-state index contributed by atoms with van der Waals surface area (Å²) in [5, 5.41) is 8.09. The molecule has 0 spiro atoms. The lowest BCUT2D eigenvalue weighted by Gasteiger charge is -2.14. The molecule has 1 aromatic heterocycles. The molecule has 5 heteroatoms. The first kappa shape index (κ1) is 13.1. The molecule has 2 aromatic rings. The molecular weight excluding hydrogens is 253 g/mol. The van der Waals surface area contributed by atoms with Gasteiger partial charge in [0.2, 0.25) is 0 Å². The lowest BCUT2D eigenvalue weighted by Crippen LogP contribution is -2.19. The van der Waals surface area contributed by atoms with Crippen LogP contribution in [0.15, 0.2) is 30.5 Å². The molecule has 0 aliphatic carbocycles. The Morgan fingerprint density at radius 1 is 1.44 bits per heavy atom. The average Bonchev–Trinajstić information content (AvgIpc) is 2.77. The molecule has 96 valence electrons. The van der Waals surface area contributed by atoms with Crippen LogP contribution in [0.4, 0.5) is 4.39 Å². The molecule has 3 nitrogen and oxygen atoms in total. The highest BCUT2D eigenvalue weighted by atomic mass is 35.5. The van der Waals surface area contributed by atoms with E-state index in [0.29, 0.717) is 11.4 Å². The predicted octanol–water partition coefficient (Wildman–Crippen LogP) is 2.72. The summed E-state index contributed by atoms with van der Waals surface area (Å²) in [5.41, 5.74) is 1.70. The van der Waals surface area contributed by atoms with Crippen molar-refractivity contribution in [2.45, 2.75) is 12.5 Å². The van der Waals surface area contributed by atoms with Crippen molar-refractivity contribution in [3.05, 3.63) is 52.6 Å². The summed E-state index contributed by atoms with van der Waals surface area (Å²) in [4.78, 5) is 0. The summed E-state index contributed by atoms with van der Waals surface area (Å²) in [5.74, 6) is -0.273. The summed E-state index contributed by atoms with van der Waals surface area (Å²) in [6.45, 7) is 0. The number of halogens is 2. The largest absolute Gasteiger partial charge is 0.311 e. The summed E-state index contributed by atoms with van der Waals surface area (Å²) in [6, 6.07) is 6.37. The van der Waals surface area contributed by atoms with Crippen molar-refractivity contribution in [3.8, 4) is 0 Å². The van der Waals surface area contributed by atoms with Gasteiger partial charge in [0.25, 0.3) is 0 Å². The number of nitrogens with one attached hydrogen (secondary N) is 1. The molecule has 0 amide bonds. The van der Waals surface area contributed by atoms with Crippen LogP contribution in [0.3, 0.4) is 0 Å². The van der Waals surface area contributed by atoms with Crippen LogP contribution in [-0.4, -0.2) is 16.8 Å². The van der Waals surface area contributed by atoms with Crippen LogP contribution in [0.1, 0.15) is 17.3 Å². The monoisotopic (exact) mass is 267 g/mol. The van der Waals surface area contributed by atoms with Gasteiger partial charge in [0.05, 0.1) is 11.7 Å². The van der Waals surface area contributed by atoms with Crippen LogP contribution in [0, 0.1) is 5.82 Å². The van der Waals surface area contributed by atoms with Crippen LogP contribution < -0.4 is 5.32 Å². The first-order valence-corrected chi connectivity index (χ1v) is 6.08. The Balaban J connectivity index is 2.22. The topological polar surface area (TPSA) is 29.9 Å². The molecule has 0 bridgehead atoms. The highest BCUT2D eigenvalue weighted by Crippen LogP contribution is 2.23. The second-order valence-corrected chi connectivity index (χ2v) is 4.60. The number of nitrogens with zero attached hydrogens (tertiary/aromatic N) is 2. The fourth-order valence-corrected chi connectivity index (χ4v) is 2.09. The Morgan fingerprint density at radius 3 is 2.83 bits per heavy atom. The number of rotatable bonds is 4. The first-order chi connectivity index (χ1) is 8.60. The fraction of sp³-hybridized carbons (Fsp3) is 0.308. The minimum absolute atomic E-state index is 0.0190. The number of likely N-dealkylation sites (N-methyl/N-ethyl adjacent to an activating group) is 1. The zero-order chi connectivity index (χ0) is 13.1. The molecule has 1 unspecified atom stereocenters. The summed E-state index contributed by atoms with van der Waals surface area (Å²) < 4.78 is 15.0. The van der Waals surface area contributed by atoms with E-state index in [1.165, 1.54) is 12.1 Å². The van der Waals surface area contributed by atoms with Gasteiger partial charge in [-0.15, -0.1) is 0 Å². The SMILES string of the molecule is CNC(Cc1cc(F)ccc1Cl)c1ccn(C)n1. The average molecular weight is 268 g/mol. The molecule has 0 aliphatic heterocycles. The van der Waals surface area contributed by atoms with Crippen molar-refractivity contribution in [2.24, 2.45) is 7.05 Å². The van der Waals surface area contributed by atoms with E-state index in [9.17, 15) is 4.39 Å². The summed E-state index contributed by atoms with van der Waals surface area (Å²) in [6.07, 6.45) is 2.48. The fourth-order valence-electron chi connectivity index (χ4n) is 1.89. The molecule has 0 aliphatic rings. The van der Waals surface area contributed by atoms with Crippen molar-refractivity contribution in [1.82, 2.24) is 15.1 Å². The Morgan fingerprint density at radius 2 is 2.22 bits per heavy atom. The molecule has 1 heterocycles. The highest BCUT2D eigenvalue weighted by molar-refractivity contribution is 6.31. The van der Waals surface area contributed by atoms with E-state index in [1.54, 1.807) is 10.7 Å². The third-order valence-electron chi connectivity index (χ3n) is 2.87. The molecule has 1 N–H and O–H groups in total. The number of hydrogen-bond acceptors (Lipinski definition) is 2. The molecular formula is C13H15ClFN3. The molecule has 0 saturated carbocycles. The zero-order valence-corrected chi connectivity index (χ0v) is 11.1. The van der Waals surface area contributed by atoms with E-state index in [1.807, 2.05) is 26.4 Å². The third-order valence-corrected chi connectivity index (χ3v) is 3.24. The normalized spacial score (nSPS) is 12.7. The van der Waals surface area contributed by atoms with Gasteiger partial charge in [-0.3, -0.25) is 4.68 Å². The van der Waals surface area contributed by atoms with E-state index < -0.39 is 0 Å². The second-order valence-electron chi connectivity index (χ2n) is 4.20. The van der Waals surface area contributed by atoms with Gasteiger partial charge >= 0.3 is 0 Å². The van der Waals surface area contributed by atoms with E-state index in [4.69, 9.17) is 11.6 Å². The third kappa shape index (κ3) is 2.89. The van der Waals surface area contributed by atoms with Gasteiger partial charge in [-0.2, -0.15) is 5.10 Å². The highest BCUT2D eigenvalue weighted by Gasteiger charge is 2.15. The van der Waals surface area contributed by atoms with Crippen LogP contribution in [-0.2, 0) is 13.5 Å². The molecule has 0 saturated heterocycles. The van der Waals surface area contributed by atoms with Gasteiger partial charge in [0.15, 0.2) is 0 Å². The van der Waals surface area contributed by atoms with Crippen molar-refractivity contribution < 1.29 is 4.39 Å².